The lowest BCUT2D eigenvalue weighted by Gasteiger charge is -2.27. The number of hydrogen-bond donors (Lipinski definition) is 2. The molecule has 178 valence electrons. The number of carbonyl (C=O) groups is 1. The van der Waals surface area contributed by atoms with Gasteiger partial charge in [0.15, 0.2) is 9.84 Å². The van der Waals surface area contributed by atoms with Crippen molar-refractivity contribution in [3.05, 3.63) is 47.4 Å². The number of morpholine rings is 1. The van der Waals surface area contributed by atoms with Crippen molar-refractivity contribution < 1.29 is 31.1 Å². The summed E-state index contributed by atoms with van der Waals surface area (Å²) in [7, 11) is -3.43. The molecule has 0 unspecified atom stereocenters. The maximum atomic E-state index is 13.0. The number of hydrogen-bond acceptors (Lipinski definition) is 7. The minimum atomic E-state index is -4.84. The zero-order valence-corrected chi connectivity index (χ0v) is 19.2. The van der Waals surface area contributed by atoms with E-state index in [-0.39, 0.29) is 23.0 Å². The Hall–Kier alpha value is -2.70. The molecule has 0 bridgehead atoms. The van der Waals surface area contributed by atoms with E-state index >= 15 is 0 Å². The number of carbonyl (C=O) groups excluding carboxylic acids is 1. The number of nitrogens with one attached hydrogen (secondary N) is 2. The Morgan fingerprint density at radius 3 is 2.58 bits per heavy atom. The average molecular weight is 502 g/mol. The molecule has 12 heteroatoms. The van der Waals surface area contributed by atoms with Gasteiger partial charge in [-0.15, -0.1) is 11.3 Å². The molecule has 0 spiro atoms. The van der Waals surface area contributed by atoms with Crippen LogP contribution in [0.2, 0.25) is 0 Å². The van der Waals surface area contributed by atoms with Crippen LogP contribution in [0.25, 0.3) is 16.1 Å². The van der Waals surface area contributed by atoms with Gasteiger partial charge in [0.2, 0.25) is 5.91 Å². The lowest BCUT2D eigenvalue weighted by Crippen LogP contribution is -2.44. The second kappa shape index (κ2) is 10.1. The van der Waals surface area contributed by atoms with Gasteiger partial charge in [0.05, 0.1) is 35.2 Å². The highest BCUT2D eigenvalue weighted by Gasteiger charge is 2.33. The SMILES string of the molecule is CS(=O)(=O)c1cccc(-c2ccc(/C(=C/C(=N)C(F)(F)F)NCC(=O)N3CCOCC3)s2)c1. The van der Waals surface area contributed by atoms with Crippen LogP contribution in [0.1, 0.15) is 4.88 Å². The lowest BCUT2D eigenvalue weighted by atomic mass is 10.2. The van der Waals surface area contributed by atoms with E-state index < -0.39 is 21.7 Å². The monoisotopic (exact) mass is 501 g/mol. The molecule has 1 saturated heterocycles. The molecule has 1 amide bonds. The summed E-state index contributed by atoms with van der Waals surface area (Å²) in [6.45, 7) is 1.35. The molecule has 1 aromatic carbocycles. The van der Waals surface area contributed by atoms with Crippen molar-refractivity contribution in [1.82, 2.24) is 10.2 Å². The van der Waals surface area contributed by atoms with Crippen LogP contribution < -0.4 is 5.32 Å². The van der Waals surface area contributed by atoms with Gasteiger partial charge in [-0.3, -0.25) is 10.2 Å². The molecule has 2 heterocycles. The van der Waals surface area contributed by atoms with Gasteiger partial charge in [-0.2, -0.15) is 13.2 Å². The van der Waals surface area contributed by atoms with Gasteiger partial charge in [-0.25, -0.2) is 8.42 Å². The molecule has 0 atom stereocenters. The standard InChI is InChI=1S/C21H22F3N3O4S2/c1-33(29,30)15-4-2-3-14(11-15)17-5-6-18(32-17)16(12-19(25)21(22,23)24)26-13-20(28)27-7-9-31-10-8-27/h2-6,11-12,25-26H,7-10,13H2,1H3/b16-12-,25-19?. The second-order valence-electron chi connectivity index (χ2n) is 7.28. The number of ether oxygens (including phenoxy) is 1. The third-order valence-corrected chi connectivity index (χ3v) is 7.08. The highest BCUT2D eigenvalue weighted by Crippen LogP contribution is 2.33. The first-order chi connectivity index (χ1) is 15.4. The largest absolute Gasteiger partial charge is 0.432 e. The first kappa shape index (κ1) is 24.9. The van der Waals surface area contributed by atoms with Crippen LogP contribution in [-0.4, -0.2) is 70.2 Å². The highest BCUT2D eigenvalue weighted by atomic mass is 32.2. The number of sulfone groups is 1. The highest BCUT2D eigenvalue weighted by molar-refractivity contribution is 7.90. The van der Waals surface area contributed by atoms with Gasteiger partial charge >= 0.3 is 6.18 Å². The smallest absolute Gasteiger partial charge is 0.378 e. The third-order valence-electron chi connectivity index (χ3n) is 4.81. The van der Waals surface area contributed by atoms with Crippen LogP contribution in [0, 0.1) is 5.41 Å². The van der Waals surface area contributed by atoms with E-state index in [0.717, 1.165) is 17.6 Å². The minimum Gasteiger partial charge on any atom is -0.378 e. The van der Waals surface area contributed by atoms with E-state index in [2.05, 4.69) is 5.32 Å². The fraction of sp³-hybridized carbons (Fsp3) is 0.333. The van der Waals surface area contributed by atoms with E-state index in [9.17, 15) is 26.4 Å². The summed E-state index contributed by atoms with van der Waals surface area (Å²) in [5.74, 6) is -0.291. The predicted molar refractivity (Wildman–Crippen MR) is 120 cm³/mol. The summed E-state index contributed by atoms with van der Waals surface area (Å²) < 4.78 is 67.9. The van der Waals surface area contributed by atoms with Crippen molar-refractivity contribution in [1.29, 1.82) is 5.41 Å². The van der Waals surface area contributed by atoms with Crippen LogP contribution >= 0.6 is 11.3 Å². The van der Waals surface area contributed by atoms with Crippen LogP contribution in [0.4, 0.5) is 13.2 Å². The van der Waals surface area contributed by atoms with Crippen molar-refractivity contribution in [2.24, 2.45) is 0 Å². The molecule has 2 N–H and O–H groups in total. The Balaban J connectivity index is 1.87. The summed E-state index contributed by atoms with van der Waals surface area (Å²) in [5.41, 5.74) is -0.990. The summed E-state index contributed by atoms with van der Waals surface area (Å²) in [5, 5.41) is 10.1. The number of nitrogens with zero attached hydrogens (tertiary/aromatic N) is 1. The number of thiophene rings is 1. The molecule has 3 rings (SSSR count). The van der Waals surface area contributed by atoms with Gasteiger partial charge in [-0.05, 0) is 35.9 Å². The Kier molecular flexibility index (Phi) is 7.60. The van der Waals surface area contributed by atoms with Crippen molar-refractivity contribution in [3.63, 3.8) is 0 Å². The summed E-state index contributed by atoms with van der Waals surface area (Å²) >= 11 is 1.12. The van der Waals surface area contributed by atoms with Crippen LogP contribution in [0.3, 0.4) is 0 Å². The topological polar surface area (TPSA) is 99.6 Å². The Bertz CT molecular complexity index is 1170. The van der Waals surface area contributed by atoms with Crippen molar-refractivity contribution in [2.45, 2.75) is 11.1 Å². The molecule has 0 aliphatic carbocycles. The van der Waals surface area contributed by atoms with Crippen LogP contribution in [-0.2, 0) is 19.4 Å². The van der Waals surface area contributed by atoms with E-state index in [1.807, 2.05) is 0 Å². The van der Waals surface area contributed by atoms with Crippen molar-refractivity contribution in [3.8, 4) is 10.4 Å². The molecular formula is C21H22F3N3O4S2. The molecular weight excluding hydrogens is 479 g/mol. The van der Waals surface area contributed by atoms with Gasteiger partial charge in [-0.1, -0.05) is 12.1 Å². The van der Waals surface area contributed by atoms with Crippen molar-refractivity contribution in [2.75, 3.05) is 39.1 Å². The summed E-state index contributed by atoms with van der Waals surface area (Å²) in [6, 6.07) is 9.44. The number of allylic oxidation sites excluding steroid dienone is 1. The molecule has 33 heavy (non-hydrogen) atoms. The Morgan fingerprint density at radius 2 is 1.94 bits per heavy atom. The van der Waals surface area contributed by atoms with E-state index in [1.54, 1.807) is 29.2 Å². The fourth-order valence-corrected chi connectivity index (χ4v) is 4.71. The van der Waals surface area contributed by atoms with Crippen LogP contribution in [0.5, 0.6) is 0 Å². The van der Waals surface area contributed by atoms with Crippen LogP contribution in [0.15, 0.2) is 47.4 Å². The van der Waals surface area contributed by atoms with Gasteiger partial charge in [0.1, 0.15) is 5.71 Å². The maximum absolute atomic E-state index is 13.0. The minimum absolute atomic E-state index is 0.0190. The van der Waals surface area contributed by atoms with E-state index in [4.69, 9.17) is 10.1 Å². The molecule has 2 aromatic rings. The van der Waals surface area contributed by atoms with Gasteiger partial charge < -0.3 is 15.0 Å². The van der Waals surface area contributed by atoms with Gasteiger partial charge in [0, 0.05) is 24.2 Å². The Labute approximate surface area is 193 Å². The second-order valence-corrected chi connectivity index (χ2v) is 10.4. The fourth-order valence-electron chi connectivity index (χ4n) is 3.05. The van der Waals surface area contributed by atoms with E-state index in [0.29, 0.717) is 47.7 Å². The molecule has 7 nitrogen and oxygen atoms in total. The average Bonchev–Trinajstić information content (AvgIpc) is 3.26. The number of alkyl halides is 3. The lowest BCUT2D eigenvalue weighted by molar-refractivity contribution is -0.134. The van der Waals surface area contributed by atoms with E-state index in [1.165, 1.54) is 12.1 Å². The molecule has 1 aliphatic heterocycles. The zero-order chi connectivity index (χ0) is 24.2. The zero-order valence-electron chi connectivity index (χ0n) is 17.6. The summed E-state index contributed by atoms with van der Waals surface area (Å²) in [4.78, 5) is 15.1. The quantitative estimate of drug-likeness (QED) is 0.568. The Morgan fingerprint density at radius 1 is 1.24 bits per heavy atom. The molecule has 0 saturated carbocycles. The first-order valence-corrected chi connectivity index (χ1v) is 12.5. The first-order valence-electron chi connectivity index (χ1n) is 9.82. The third kappa shape index (κ3) is 6.65. The maximum Gasteiger partial charge on any atom is 0.432 e. The number of halogens is 3. The van der Waals surface area contributed by atoms with Crippen molar-refractivity contribution >= 4 is 38.5 Å². The number of amides is 1. The molecule has 1 aliphatic rings. The number of rotatable bonds is 7. The molecule has 0 radical (unpaired) electrons. The predicted octanol–water partition coefficient (Wildman–Crippen LogP) is 3.19. The molecule has 1 aromatic heterocycles. The number of benzene rings is 1. The normalized spacial score (nSPS) is 15.4. The summed E-state index contributed by atoms with van der Waals surface area (Å²) in [6.07, 6.45) is -3.11. The van der Waals surface area contributed by atoms with Gasteiger partial charge in [0.25, 0.3) is 0 Å². The molecule has 1 fully saturated rings.